The lowest BCUT2D eigenvalue weighted by atomic mass is 10.0. The number of sulfone groups is 1. The number of rotatable bonds is 3. The fourth-order valence-electron chi connectivity index (χ4n) is 2.23. The molecule has 0 amide bonds. The summed E-state index contributed by atoms with van der Waals surface area (Å²) in [6, 6.07) is 7.68. The third-order valence-corrected chi connectivity index (χ3v) is 4.98. The van der Waals surface area contributed by atoms with Crippen LogP contribution in [0.2, 0.25) is 0 Å². The highest BCUT2D eigenvalue weighted by Crippen LogP contribution is 2.28. The first-order valence-corrected chi connectivity index (χ1v) is 8.08. The molecule has 0 saturated carbocycles. The molecular weight excluding hydrogens is 250 g/mol. The Bertz CT molecular complexity index is 499. The summed E-state index contributed by atoms with van der Waals surface area (Å²) in [5.74, 6) is 0.396. The molecule has 18 heavy (non-hydrogen) atoms. The fraction of sp³-hybridized carbons (Fsp3) is 0.538. The first kappa shape index (κ1) is 13.4. The smallest absolute Gasteiger partial charge is 0.153 e. The molecule has 1 unspecified atom stereocenters. The van der Waals surface area contributed by atoms with Gasteiger partial charge in [0.1, 0.15) is 0 Å². The van der Waals surface area contributed by atoms with Crippen LogP contribution in [0.1, 0.15) is 25.0 Å². The molecule has 1 atom stereocenters. The highest BCUT2D eigenvalue weighted by Gasteiger charge is 2.24. The maximum Gasteiger partial charge on any atom is 0.153 e. The lowest BCUT2D eigenvalue weighted by molar-refractivity contribution is 0.174. The highest BCUT2D eigenvalue weighted by molar-refractivity contribution is 7.91. The van der Waals surface area contributed by atoms with Crippen LogP contribution in [-0.4, -0.2) is 38.1 Å². The van der Waals surface area contributed by atoms with E-state index < -0.39 is 15.9 Å². The van der Waals surface area contributed by atoms with Gasteiger partial charge in [0.25, 0.3) is 0 Å². The molecule has 1 aromatic carbocycles. The van der Waals surface area contributed by atoms with Crippen LogP contribution < -0.4 is 4.90 Å². The van der Waals surface area contributed by atoms with Crippen LogP contribution in [0.5, 0.6) is 0 Å². The Morgan fingerprint density at radius 1 is 1.28 bits per heavy atom. The van der Waals surface area contributed by atoms with Gasteiger partial charge in [-0.2, -0.15) is 0 Å². The Morgan fingerprint density at radius 3 is 2.50 bits per heavy atom. The minimum Gasteiger partial charge on any atom is -0.388 e. The van der Waals surface area contributed by atoms with Crippen LogP contribution in [0.4, 0.5) is 5.69 Å². The van der Waals surface area contributed by atoms with Gasteiger partial charge in [-0.15, -0.1) is 0 Å². The van der Waals surface area contributed by atoms with Crippen LogP contribution in [0, 0.1) is 0 Å². The van der Waals surface area contributed by atoms with Crippen LogP contribution in [0.3, 0.4) is 0 Å². The maximum atomic E-state index is 11.4. The number of aliphatic hydroxyl groups is 1. The van der Waals surface area contributed by atoms with Crippen molar-refractivity contribution >= 4 is 15.5 Å². The Kier molecular flexibility index (Phi) is 3.92. The fourth-order valence-corrected chi connectivity index (χ4v) is 3.43. The number of hydrogen-bond donors (Lipinski definition) is 1. The molecule has 100 valence electrons. The molecular formula is C13H19NO3S. The van der Waals surface area contributed by atoms with E-state index in [1.165, 1.54) is 0 Å². The summed E-state index contributed by atoms with van der Waals surface area (Å²) in [4.78, 5) is 2.05. The van der Waals surface area contributed by atoms with Crippen molar-refractivity contribution in [1.82, 2.24) is 0 Å². The molecule has 1 fully saturated rings. The molecule has 2 rings (SSSR count). The zero-order valence-corrected chi connectivity index (χ0v) is 11.4. The number of aliphatic hydroxyl groups excluding tert-OH is 1. The van der Waals surface area contributed by atoms with Gasteiger partial charge in [-0.3, -0.25) is 0 Å². The lowest BCUT2D eigenvalue weighted by Gasteiger charge is -2.31. The minimum absolute atomic E-state index is 0.198. The van der Waals surface area contributed by atoms with E-state index >= 15 is 0 Å². The van der Waals surface area contributed by atoms with E-state index in [2.05, 4.69) is 4.90 Å². The second-order valence-electron chi connectivity index (χ2n) is 4.62. The first-order valence-electron chi connectivity index (χ1n) is 6.26. The van der Waals surface area contributed by atoms with Crippen molar-refractivity contribution in [2.75, 3.05) is 29.5 Å². The summed E-state index contributed by atoms with van der Waals surface area (Å²) in [5, 5.41) is 10.00. The van der Waals surface area contributed by atoms with Crippen molar-refractivity contribution in [2.45, 2.75) is 19.4 Å². The molecule has 1 aromatic rings. The summed E-state index contributed by atoms with van der Waals surface area (Å²) in [7, 11) is -2.87. The average Bonchev–Trinajstić information content (AvgIpc) is 2.38. The number of hydrogen-bond acceptors (Lipinski definition) is 4. The van der Waals surface area contributed by atoms with Gasteiger partial charge >= 0.3 is 0 Å². The van der Waals surface area contributed by atoms with E-state index in [1.54, 1.807) is 0 Å². The second-order valence-corrected chi connectivity index (χ2v) is 6.93. The molecule has 0 spiro atoms. The van der Waals surface area contributed by atoms with Crippen molar-refractivity contribution in [3.05, 3.63) is 29.8 Å². The predicted molar refractivity (Wildman–Crippen MR) is 72.6 cm³/mol. The van der Waals surface area contributed by atoms with Crippen molar-refractivity contribution in [2.24, 2.45) is 0 Å². The largest absolute Gasteiger partial charge is 0.388 e. The monoisotopic (exact) mass is 269 g/mol. The molecule has 4 nitrogen and oxygen atoms in total. The second kappa shape index (κ2) is 5.28. The molecule has 1 aliphatic heterocycles. The van der Waals surface area contributed by atoms with Gasteiger partial charge in [-0.1, -0.05) is 25.1 Å². The Balaban J connectivity index is 2.24. The van der Waals surface area contributed by atoms with Crippen LogP contribution in [-0.2, 0) is 9.84 Å². The summed E-state index contributed by atoms with van der Waals surface area (Å²) in [6.45, 7) is 2.95. The van der Waals surface area contributed by atoms with E-state index in [-0.39, 0.29) is 11.5 Å². The molecule has 5 heteroatoms. The lowest BCUT2D eigenvalue weighted by Crippen LogP contribution is -2.40. The minimum atomic E-state index is -2.87. The van der Waals surface area contributed by atoms with Crippen LogP contribution in [0.25, 0.3) is 0 Å². The van der Waals surface area contributed by atoms with Crippen molar-refractivity contribution in [3.63, 3.8) is 0 Å². The number of para-hydroxylation sites is 1. The van der Waals surface area contributed by atoms with Gasteiger partial charge < -0.3 is 10.0 Å². The van der Waals surface area contributed by atoms with Gasteiger partial charge in [0.05, 0.1) is 17.6 Å². The van der Waals surface area contributed by atoms with E-state index in [0.29, 0.717) is 19.5 Å². The van der Waals surface area contributed by atoms with Gasteiger partial charge in [-0.25, -0.2) is 8.42 Å². The Morgan fingerprint density at radius 2 is 1.89 bits per heavy atom. The molecule has 1 aliphatic rings. The maximum absolute atomic E-state index is 11.4. The van der Waals surface area contributed by atoms with Gasteiger partial charge in [0.2, 0.25) is 0 Å². The topological polar surface area (TPSA) is 57.6 Å². The van der Waals surface area contributed by atoms with E-state index in [0.717, 1.165) is 11.3 Å². The third-order valence-electron chi connectivity index (χ3n) is 3.37. The van der Waals surface area contributed by atoms with Gasteiger partial charge in [0.15, 0.2) is 9.84 Å². The molecule has 1 heterocycles. The first-order chi connectivity index (χ1) is 8.53. The molecule has 0 aliphatic carbocycles. The quantitative estimate of drug-likeness (QED) is 0.900. The van der Waals surface area contributed by atoms with E-state index in [9.17, 15) is 13.5 Å². The number of benzene rings is 1. The summed E-state index contributed by atoms with van der Waals surface area (Å²) >= 11 is 0. The zero-order valence-electron chi connectivity index (χ0n) is 10.5. The van der Waals surface area contributed by atoms with Crippen LogP contribution >= 0.6 is 0 Å². The van der Waals surface area contributed by atoms with E-state index in [4.69, 9.17) is 0 Å². The van der Waals surface area contributed by atoms with Crippen molar-refractivity contribution < 1.29 is 13.5 Å². The summed E-state index contributed by atoms with van der Waals surface area (Å²) in [5.41, 5.74) is 1.85. The van der Waals surface area contributed by atoms with Crippen molar-refractivity contribution in [3.8, 4) is 0 Å². The Hall–Kier alpha value is -1.07. The normalized spacial score (nSPS) is 20.7. The predicted octanol–water partition coefficient (Wildman–Crippen LogP) is 1.36. The standard InChI is InChI=1S/C13H19NO3S/c1-2-13(15)11-5-3-4-6-12(11)14-7-9-18(16,17)10-8-14/h3-6,13,15H,2,7-10H2,1H3. The Labute approximate surface area is 108 Å². The highest BCUT2D eigenvalue weighted by atomic mass is 32.2. The zero-order chi connectivity index (χ0) is 13.2. The SMILES string of the molecule is CCC(O)c1ccccc1N1CCS(=O)(=O)CC1. The molecule has 0 aromatic heterocycles. The number of anilines is 1. The van der Waals surface area contributed by atoms with Gasteiger partial charge in [0, 0.05) is 24.3 Å². The molecule has 1 N–H and O–H groups in total. The molecule has 1 saturated heterocycles. The number of nitrogens with zero attached hydrogens (tertiary/aromatic N) is 1. The van der Waals surface area contributed by atoms with E-state index in [1.807, 2.05) is 31.2 Å². The summed E-state index contributed by atoms with van der Waals surface area (Å²) in [6.07, 6.45) is 0.170. The summed E-state index contributed by atoms with van der Waals surface area (Å²) < 4.78 is 22.9. The third kappa shape index (κ3) is 2.84. The van der Waals surface area contributed by atoms with Gasteiger partial charge in [-0.05, 0) is 12.5 Å². The molecule has 0 radical (unpaired) electrons. The average molecular weight is 269 g/mol. The van der Waals surface area contributed by atoms with Crippen LogP contribution in [0.15, 0.2) is 24.3 Å². The van der Waals surface area contributed by atoms with Crippen molar-refractivity contribution in [1.29, 1.82) is 0 Å². The molecule has 0 bridgehead atoms.